The number of nitrogens with one attached hydrogen (secondary N) is 1. The van der Waals surface area contributed by atoms with Crippen molar-refractivity contribution in [2.45, 2.75) is 45.1 Å². The highest BCUT2D eigenvalue weighted by Crippen LogP contribution is 2.45. The third-order valence-electron chi connectivity index (χ3n) is 6.15. The Morgan fingerprint density at radius 3 is 2.52 bits per heavy atom. The molecule has 4 heteroatoms. The van der Waals surface area contributed by atoms with Crippen molar-refractivity contribution in [3.8, 4) is 0 Å². The summed E-state index contributed by atoms with van der Waals surface area (Å²) in [6, 6.07) is 18.5. The summed E-state index contributed by atoms with van der Waals surface area (Å²) in [5.74, 6) is 0. The van der Waals surface area contributed by atoms with E-state index in [1.165, 1.54) is 47.3 Å². The molecule has 29 heavy (non-hydrogen) atoms. The molecular formula is C25H26N2OS. The van der Waals surface area contributed by atoms with Gasteiger partial charge in [-0.1, -0.05) is 48.0 Å². The number of hydrogen-bond acceptors (Lipinski definition) is 2. The lowest BCUT2D eigenvalue weighted by Crippen LogP contribution is -2.42. The average Bonchev–Trinajstić information content (AvgIpc) is 3.14. The molecule has 2 amide bonds. The maximum absolute atomic E-state index is 13.3. The maximum Gasteiger partial charge on any atom is 0.322 e. The molecule has 0 radical (unpaired) electrons. The largest absolute Gasteiger partial charge is 0.322 e. The highest BCUT2D eigenvalue weighted by Gasteiger charge is 2.36. The van der Waals surface area contributed by atoms with E-state index >= 15 is 0 Å². The summed E-state index contributed by atoms with van der Waals surface area (Å²) in [6.07, 6.45) is 5.96. The summed E-state index contributed by atoms with van der Waals surface area (Å²) < 4.78 is 0. The van der Waals surface area contributed by atoms with E-state index in [9.17, 15) is 4.79 Å². The van der Waals surface area contributed by atoms with Crippen molar-refractivity contribution < 1.29 is 4.79 Å². The Bertz CT molecular complexity index is 1020. The number of nitrogens with zero attached hydrogens (tertiary/aromatic N) is 1. The van der Waals surface area contributed by atoms with Crippen molar-refractivity contribution in [2.75, 3.05) is 11.9 Å². The van der Waals surface area contributed by atoms with Crippen molar-refractivity contribution in [3.05, 3.63) is 86.6 Å². The molecular weight excluding hydrogens is 376 g/mol. The molecule has 2 heterocycles. The van der Waals surface area contributed by atoms with Crippen LogP contribution in [0.2, 0.25) is 0 Å². The molecule has 0 saturated heterocycles. The summed E-state index contributed by atoms with van der Waals surface area (Å²) in [6.45, 7) is 2.81. The van der Waals surface area contributed by atoms with Crippen molar-refractivity contribution >= 4 is 23.1 Å². The van der Waals surface area contributed by atoms with Crippen molar-refractivity contribution in [3.63, 3.8) is 0 Å². The van der Waals surface area contributed by atoms with Gasteiger partial charge >= 0.3 is 6.03 Å². The van der Waals surface area contributed by atoms with Gasteiger partial charge in [-0.05, 0) is 67.9 Å². The SMILES string of the molecule is Cc1ccc(NC(=O)N2CCc3c(sc4c3CCCC4)[C@H]2c2ccccc2)cc1. The zero-order chi connectivity index (χ0) is 19.8. The fourth-order valence-corrected chi connectivity index (χ4v) is 6.25. The van der Waals surface area contributed by atoms with Crippen LogP contribution in [-0.4, -0.2) is 17.5 Å². The van der Waals surface area contributed by atoms with Gasteiger partial charge in [0.05, 0.1) is 6.04 Å². The first-order chi connectivity index (χ1) is 14.2. The highest BCUT2D eigenvalue weighted by atomic mass is 32.1. The standard InChI is InChI=1S/C25H26N2OS/c1-17-11-13-19(14-12-17)26-25(28)27-16-15-21-20-9-5-6-10-22(20)29-24(21)23(27)18-7-3-2-4-8-18/h2-4,7-8,11-14,23H,5-6,9-10,15-16H2,1H3,(H,26,28)/t23-/m1/s1. The molecule has 1 atom stereocenters. The van der Waals surface area contributed by atoms with E-state index in [4.69, 9.17) is 0 Å². The second-order valence-corrected chi connectivity index (χ2v) is 9.24. The van der Waals surface area contributed by atoms with E-state index in [0.29, 0.717) is 0 Å². The number of thiophene rings is 1. The second kappa shape index (κ2) is 7.68. The number of fused-ring (bicyclic) bond motifs is 3. The number of carbonyl (C=O) groups is 1. The molecule has 5 rings (SSSR count). The normalized spacial score (nSPS) is 18.1. The Labute approximate surface area is 176 Å². The quantitative estimate of drug-likeness (QED) is 0.551. The van der Waals surface area contributed by atoms with Gasteiger partial charge in [0, 0.05) is 22.0 Å². The third-order valence-corrected chi connectivity index (χ3v) is 7.54. The number of anilines is 1. The van der Waals surface area contributed by atoms with Crippen LogP contribution in [0.15, 0.2) is 54.6 Å². The summed E-state index contributed by atoms with van der Waals surface area (Å²) in [5, 5.41) is 3.12. The Balaban J connectivity index is 1.52. The highest BCUT2D eigenvalue weighted by molar-refractivity contribution is 7.12. The molecule has 0 fully saturated rings. The molecule has 0 unspecified atom stereocenters. The zero-order valence-corrected chi connectivity index (χ0v) is 17.6. The molecule has 2 aromatic carbocycles. The molecule has 1 aromatic heterocycles. The molecule has 0 spiro atoms. The smallest absolute Gasteiger partial charge is 0.312 e. The van der Waals surface area contributed by atoms with Gasteiger partial charge in [0.15, 0.2) is 0 Å². The van der Waals surface area contributed by atoms with Gasteiger partial charge in [0.1, 0.15) is 0 Å². The van der Waals surface area contributed by atoms with Crippen LogP contribution in [0.3, 0.4) is 0 Å². The van der Waals surface area contributed by atoms with Crippen molar-refractivity contribution in [1.29, 1.82) is 0 Å². The van der Waals surface area contributed by atoms with Crippen LogP contribution in [0.1, 0.15) is 50.9 Å². The Morgan fingerprint density at radius 2 is 1.72 bits per heavy atom. The zero-order valence-electron chi connectivity index (χ0n) is 16.8. The van der Waals surface area contributed by atoms with Crippen LogP contribution >= 0.6 is 11.3 Å². The van der Waals surface area contributed by atoms with Gasteiger partial charge in [0.2, 0.25) is 0 Å². The molecule has 0 bridgehead atoms. The van der Waals surface area contributed by atoms with E-state index < -0.39 is 0 Å². The fourth-order valence-electron chi connectivity index (χ4n) is 4.67. The minimum Gasteiger partial charge on any atom is -0.312 e. The predicted octanol–water partition coefficient (Wildman–Crippen LogP) is 6.11. The fraction of sp³-hybridized carbons (Fsp3) is 0.320. The monoisotopic (exact) mass is 402 g/mol. The van der Waals surface area contributed by atoms with Gasteiger partial charge < -0.3 is 10.2 Å². The van der Waals surface area contributed by atoms with E-state index in [1.54, 1.807) is 10.4 Å². The lowest BCUT2D eigenvalue weighted by molar-refractivity contribution is 0.195. The Hall–Kier alpha value is -2.59. The lowest BCUT2D eigenvalue weighted by Gasteiger charge is -2.36. The molecule has 1 N–H and O–H groups in total. The first-order valence-electron chi connectivity index (χ1n) is 10.5. The average molecular weight is 403 g/mol. The van der Waals surface area contributed by atoms with Gasteiger partial charge in [-0.25, -0.2) is 4.79 Å². The lowest BCUT2D eigenvalue weighted by atomic mass is 9.88. The first-order valence-corrected chi connectivity index (χ1v) is 11.3. The molecule has 3 aromatic rings. The summed E-state index contributed by atoms with van der Waals surface area (Å²) in [4.78, 5) is 18.3. The van der Waals surface area contributed by atoms with Gasteiger partial charge in [-0.2, -0.15) is 0 Å². The van der Waals surface area contributed by atoms with E-state index in [1.807, 2.05) is 46.6 Å². The van der Waals surface area contributed by atoms with E-state index in [2.05, 4.69) is 36.5 Å². The molecule has 1 aliphatic heterocycles. The number of urea groups is 1. The van der Waals surface area contributed by atoms with Crippen molar-refractivity contribution in [2.24, 2.45) is 0 Å². The van der Waals surface area contributed by atoms with Gasteiger partial charge in [-0.3, -0.25) is 0 Å². The van der Waals surface area contributed by atoms with Crippen LogP contribution < -0.4 is 5.32 Å². The van der Waals surface area contributed by atoms with Crippen LogP contribution in [0.4, 0.5) is 10.5 Å². The predicted molar refractivity (Wildman–Crippen MR) is 120 cm³/mol. The minimum absolute atomic E-state index is 0.000924. The molecule has 2 aliphatic rings. The molecule has 3 nitrogen and oxygen atoms in total. The molecule has 1 aliphatic carbocycles. The van der Waals surface area contributed by atoms with Gasteiger partial charge in [-0.15, -0.1) is 11.3 Å². The van der Waals surface area contributed by atoms with Crippen LogP contribution in [0.5, 0.6) is 0 Å². The number of aryl methyl sites for hydroxylation is 2. The number of carbonyl (C=O) groups excluding carboxylic acids is 1. The Morgan fingerprint density at radius 1 is 0.966 bits per heavy atom. The molecule has 148 valence electrons. The van der Waals surface area contributed by atoms with Crippen LogP contribution in [0, 0.1) is 6.92 Å². The second-order valence-electron chi connectivity index (χ2n) is 8.11. The minimum atomic E-state index is -0.0141. The van der Waals surface area contributed by atoms with Crippen LogP contribution in [0.25, 0.3) is 0 Å². The summed E-state index contributed by atoms with van der Waals surface area (Å²) in [7, 11) is 0. The third kappa shape index (κ3) is 3.46. The van der Waals surface area contributed by atoms with Crippen molar-refractivity contribution in [1.82, 2.24) is 4.90 Å². The summed E-state index contributed by atoms with van der Waals surface area (Å²) >= 11 is 1.95. The first kappa shape index (κ1) is 18.4. The number of amides is 2. The number of benzene rings is 2. The number of hydrogen-bond donors (Lipinski definition) is 1. The Kier molecular flexibility index (Phi) is 4.88. The topological polar surface area (TPSA) is 32.3 Å². The van der Waals surface area contributed by atoms with Gasteiger partial charge in [0.25, 0.3) is 0 Å². The van der Waals surface area contributed by atoms with Crippen LogP contribution in [-0.2, 0) is 19.3 Å². The summed E-state index contributed by atoms with van der Waals surface area (Å²) in [5.41, 5.74) is 6.36. The maximum atomic E-state index is 13.3. The van der Waals surface area contributed by atoms with E-state index in [0.717, 1.165) is 18.7 Å². The van der Waals surface area contributed by atoms with E-state index in [-0.39, 0.29) is 12.1 Å². The molecule has 0 saturated carbocycles. The number of rotatable bonds is 2.